The number of methoxy groups -OCH3 is 1. The highest BCUT2D eigenvalue weighted by atomic mass is 32.2. The molecular formula is C16H20N4O4S. The van der Waals surface area contributed by atoms with E-state index in [0.29, 0.717) is 18.9 Å². The standard InChI is InChI=1S/C16H20N4O4S/c1-3-8-17-15(22)18-13(21)10-25-16-20-19-14(24-16)9-11-4-6-12(23-2)7-5-11/h4-7H,3,8-10H2,1-2H3,(H2,17,18,21,22). The van der Waals surface area contributed by atoms with Crippen molar-refractivity contribution in [2.45, 2.75) is 25.0 Å². The first-order valence-corrected chi connectivity index (χ1v) is 8.75. The summed E-state index contributed by atoms with van der Waals surface area (Å²) in [6.07, 6.45) is 1.29. The minimum absolute atomic E-state index is 0.0176. The van der Waals surface area contributed by atoms with Gasteiger partial charge >= 0.3 is 6.03 Å². The summed E-state index contributed by atoms with van der Waals surface area (Å²) in [5.41, 5.74) is 1.01. The van der Waals surface area contributed by atoms with Gasteiger partial charge in [0, 0.05) is 6.54 Å². The lowest BCUT2D eigenvalue weighted by atomic mass is 10.1. The summed E-state index contributed by atoms with van der Waals surface area (Å²) in [6.45, 7) is 2.45. The van der Waals surface area contributed by atoms with Gasteiger partial charge in [0.05, 0.1) is 19.3 Å². The van der Waals surface area contributed by atoms with Crippen LogP contribution in [0.25, 0.3) is 0 Å². The van der Waals surface area contributed by atoms with Gasteiger partial charge in [0.1, 0.15) is 5.75 Å². The van der Waals surface area contributed by atoms with Crippen LogP contribution in [0.1, 0.15) is 24.8 Å². The van der Waals surface area contributed by atoms with E-state index in [1.54, 1.807) is 7.11 Å². The predicted molar refractivity (Wildman–Crippen MR) is 92.7 cm³/mol. The zero-order valence-electron chi connectivity index (χ0n) is 14.1. The molecule has 0 fully saturated rings. The highest BCUT2D eigenvalue weighted by molar-refractivity contribution is 7.99. The summed E-state index contributed by atoms with van der Waals surface area (Å²) in [5, 5.41) is 12.9. The smallest absolute Gasteiger partial charge is 0.321 e. The molecule has 25 heavy (non-hydrogen) atoms. The first-order chi connectivity index (χ1) is 12.1. The Morgan fingerprint density at radius 2 is 2.00 bits per heavy atom. The van der Waals surface area contributed by atoms with Gasteiger partial charge in [0.2, 0.25) is 11.8 Å². The molecule has 8 nitrogen and oxygen atoms in total. The van der Waals surface area contributed by atoms with Crippen molar-refractivity contribution in [3.63, 3.8) is 0 Å². The Kier molecular flexibility index (Phi) is 7.27. The van der Waals surface area contributed by atoms with Gasteiger partial charge in [0.15, 0.2) is 0 Å². The highest BCUT2D eigenvalue weighted by Gasteiger charge is 2.12. The number of benzene rings is 1. The lowest BCUT2D eigenvalue weighted by Crippen LogP contribution is -2.40. The van der Waals surface area contributed by atoms with Gasteiger partial charge in [-0.15, -0.1) is 10.2 Å². The van der Waals surface area contributed by atoms with Crippen molar-refractivity contribution in [3.05, 3.63) is 35.7 Å². The van der Waals surface area contributed by atoms with Crippen LogP contribution in [0.15, 0.2) is 33.9 Å². The van der Waals surface area contributed by atoms with Crippen molar-refractivity contribution >= 4 is 23.7 Å². The second-order valence-corrected chi connectivity index (χ2v) is 6.01. The molecule has 0 spiro atoms. The maximum atomic E-state index is 11.7. The quantitative estimate of drug-likeness (QED) is 0.690. The Morgan fingerprint density at radius 1 is 1.24 bits per heavy atom. The maximum absolute atomic E-state index is 11.7. The average Bonchev–Trinajstić information content (AvgIpc) is 3.06. The summed E-state index contributed by atoms with van der Waals surface area (Å²) in [5.74, 6) is 0.825. The number of carbonyl (C=O) groups is 2. The van der Waals surface area contributed by atoms with Crippen LogP contribution >= 0.6 is 11.8 Å². The first-order valence-electron chi connectivity index (χ1n) is 7.76. The molecule has 0 atom stereocenters. The maximum Gasteiger partial charge on any atom is 0.321 e. The lowest BCUT2D eigenvalue weighted by molar-refractivity contribution is -0.117. The summed E-state index contributed by atoms with van der Waals surface area (Å²) in [6, 6.07) is 7.04. The normalized spacial score (nSPS) is 10.3. The molecule has 0 aliphatic heterocycles. The van der Waals surface area contributed by atoms with Crippen molar-refractivity contribution in [1.82, 2.24) is 20.8 Å². The van der Waals surface area contributed by atoms with Gasteiger partial charge in [-0.25, -0.2) is 4.79 Å². The van der Waals surface area contributed by atoms with E-state index >= 15 is 0 Å². The van der Waals surface area contributed by atoms with Crippen molar-refractivity contribution < 1.29 is 18.7 Å². The third kappa shape index (κ3) is 6.46. The third-order valence-electron chi connectivity index (χ3n) is 3.08. The van der Waals surface area contributed by atoms with Gasteiger partial charge in [-0.2, -0.15) is 0 Å². The summed E-state index contributed by atoms with van der Waals surface area (Å²) >= 11 is 1.08. The Labute approximate surface area is 149 Å². The second kappa shape index (κ2) is 9.67. The fraction of sp³-hybridized carbons (Fsp3) is 0.375. The minimum Gasteiger partial charge on any atom is -0.497 e. The molecule has 0 unspecified atom stereocenters. The molecule has 3 amide bonds. The van der Waals surface area contributed by atoms with E-state index in [9.17, 15) is 9.59 Å². The van der Waals surface area contributed by atoms with E-state index < -0.39 is 11.9 Å². The van der Waals surface area contributed by atoms with Crippen molar-refractivity contribution in [1.29, 1.82) is 0 Å². The number of urea groups is 1. The van der Waals surface area contributed by atoms with Crippen LogP contribution in [0.4, 0.5) is 4.79 Å². The number of rotatable bonds is 8. The summed E-state index contributed by atoms with van der Waals surface area (Å²) < 4.78 is 10.6. The second-order valence-electron chi connectivity index (χ2n) is 5.08. The number of imide groups is 1. The fourth-order valence-electron chi connectivity index (χ4n) is 1.86. The Hall–Kier alpha value is -2.55. The zero-order chi connectivity index (χ0) is 18.1. The molecule has 134 valence electrons. The van der Waals surface area contributed by atoms with E-state index in [-0.39, 0.29) is 11.0 Å². The number of thioether (sulfide) groups is 1. The average molecular weight is 364 g/mol. The zero-order valence-corrected chi connectivity index (χ0v) is 14.9. The summed E-state index contributed by atoms with van der Waals surface area (Å²) in [7, 11) is 1.61. The monoisotopic (exact) mass is 364 g/mol. The van der Waals surface area contributed by atoms with E-state index in [1.165, 1.54) is 0 Å². The van der Waals surface area contributed by atoms with Crippen LogP contribution in [0.5, 0.6) is 5.75 Å². The predicted octanol–water partition coefficient (Wildman–Crippen LogP) is 2.00. The van der Waals surface area contributed by atoms with E-state index in [4.69, 9.17) is 9.15 Å². The molecule has 1 aromatic carbocycles. The molecule has 1 aromatic heterocycles. The van der Waals surface area contributed by atoms with Crippen molar-refractivity contribution in [2.24, 2.45) is 0 Å². The third-order valence-corrected chi connectivity index (χ3v) is 3.90. The molecule has 1 heterocycles. The van der Waals surface area contributed by atoms with Crippen LogP contribution in [0.3, 0.4) is 0 Å². The van der Waals surface area contributed by atoms with Crippen molar-refractivity contribution in [2.75, 3.05) is 19.4 Å². The van der Waals surface area contributed by atoms with Crippen LogP contribution < -0.4 is 15.4 Å². The molecule has 0 aliphatic rings. The fourth-order valence-corrected chi connectivity index (χ4v) is 2.44. The lowest BCUT2D eigenvalue weighted by Gasteiger charge is -2.04. The molecule has 0 saturated heterocycles. The van der Waals surface area contributed by atoms with E-state index in [2.05, 4.69) is 20.8 Å². The van der Waals surface area contributed by atoms with E-state index in [1.807, 2.05) is 31.2 Å². The molecule has 0 saturated carbocycles. The first kappa shape index (κ1) is 18.8. The molecule has 0 bridgehead atoms. The topological polar surface area (TPSA) is 106 Å². The number of hydrogen-bond acceptors (Lipinski definition) is 7. The molecule has 9 heteroatoms. The summed E-state index contributed by atoms with van der Waals surface area (Å²) in [4.78, 5) is 23.0. The van der Waals surface area contributed by atoms with E-state index in [0.717, 1.165) is 29.5 Å². The SMILES string of the molecule is CCCNC(=O)NC(=O)CSc1nnc(Cc2ccc(OC)cc2)o1. The molecular weight excluding hydrogens is 344 g/mol. The highest BCUT2D eigenvalue weighted by Crippen LogP contribution is 2.18. The largest absolute Gasteiger partial charge is 0.497 e. The van der Waals surface area contributed by atoms with Gasteiger partial charge in [-0.1, -0.05) is 30.8 Å². The van der Waals surface area contributed by atoms with Crippen LogP contribution in [0, 0.1) is 0 Å². The number of ether oxygens (including phenoxy) is 1. The number of aromatic nitrogens is 2. The van der Waals surface area contributed by atoms with Crippen LogP contribution in [-0.2, 0) is 11.2 Å². The Balaban J connectivity index is 1.78. The van der Waals surface area contributed by atoms with Gasteiger partial charge in [0.25, 0.3) is 5.22 Å². The molecule has 0 radical (unpaired) electrons. The van der Waals surface area contributed by atoms with Gasteiger partial charge < -0.3 is 14.5 Å². The number of hydrogen-bond donors (Lipinski definition) is 2. The van der Waals surface area contributed by atoms with Crippen LogP contribution in [0.2, 0.25) is 0 Å². The number of amides is 3. The number of carbonyl (C=O) groups excluding carboxylic acids is 2. The van der Waals surface area contributed by atoms with Crippen LogP contribution in [-0.4, -0.2) is 41.5 Å². The Bertz CT molecular complexity index is 702. The molecule has 0 aliphatic carbocycles. The Morgan fingerprint density at radius 3 is 2.68 bits per heavy atom. The number of nitrogens with one attached hydrogen (secondary N) is 2. The van der Waals surface area contributed by atoms with Crippen molar-refractivity contribution in [3.8, 4) is 5.75 Å². The molecule has 2 N–H and O–H groups in total. The van der Waals surface area contributed by atoms with Gasteiger partial charge in [-0.3, -0.25) is 10.1 Å². The van der Waals surface area contributed by atoms with Gasteiger partial charge in [-0.05, 0) is 24.1 Å². The number of nitrogens with zero attached hydrogens (tertiary/aromatic N) is 2. The molecule has 2 aromatic rings. The minimum atomic E-state index is -0.502. The molecule has 2 rings (SSSR count).